The molecule has 0 saturated carbocycles. The van der Waals surface area contributed by atoms with Crippen LogP contribution >= 0.6 is 11.6 Å². The molecule has 0 spiro atoms. The molecule has 0 bridgehead atoms. The van der Waals surface area contributed by atoms with Crippen LogP contribution in [-0.2, 0) is 13.0 Å². The molecule has 2 heterocycles. The van der Waals surface area contributed by atoms with Gasteiger partial charge in [0.05, 0.1) is 23.1 Å². The molecule has 0 aliphatic carbocycles. The molecule has 0 radical (unpaired) electrons. The summed E-state index contributed by atoms with van der Waals surface area (Å²) >= 11 is 6.13. The Kier molecular flexibility index (Phi) is 4.54. The van der Waals surface area contributed by atoms with Gasteiger partial charge in [-0.1, -0.05) is 48.0 Å². The highest BCUT2D eigenvalue weighted by Gasteiger charge is 2.22. The van der Waals surface area contributed by atoms with Gasteiger partial charge in [-0.2, -0.15) is 0 Å². The van der Waals surface area contributed by atoms with E-state index in [0.717, 1.165) is 12.1 Å². The van der Waals surface area contributed by atoms with E-state index in [-0.39, 0.29) is 5.91 Å². The van der Waals surface area contributed by atoms with Crippen molar-refractivity contribution in [3.63, 3.8) is 0 Å². The smallest absolute Gasteiger partial charge is 0.274 e. The predicted molar refractivity (Wildman–Crippen MR) is 102 cm³/mol. The molecule has 0 saturated heterocycles. The van der Waals surface area contributed by atoms with Crippen LogP contribution < -0.4 is 5.32 Å². The fourth-order valence-electron chi connectivity index (χ4n) is 3.03. The van der Waals surface area contributed by atoms with Gasteiger partial charge >= 0.3 is 0 Å². The number of rotatable bonds is 3. The number of nitrogens with one attached hydrogen (secondary N) is 1. The number of amides is 1. The van der Waals surface area contributed by atoms with E-state index < -0.39 is 0 Å². The van der Waals surface area contributed by atoms with Gasteiger partial charge < -0.3 is 10.2 Å². The van der Waals surface area contributed by atoms with Gasteiger partial charge in [-0.25, -0.2) is 9.97 Å². The molecule has 0 fully saturated rings. The Labute approximate surface area is 156 Å². The molecule has 6 heteroatoms. The van der Waals surface area contributed by atoms with Crippen LogP contribution in [0.5, 0.6) is 0 Å². The molecule has 0 unspecified atom stereocenters. The fraction of sp³-hybridized carbons (Fsp3) is 0.150. The summed E-state index contributed by atoms with van der Waals surface area (Å²) in [4.78, 5) is 23.1. The number of anilines is 2. The first kappa shape index (κ1) is 16.5. The maximum atomic E-state index is 12.7. The predicted octanol–water partition coefficient (Wildman–Crippen LogP) is 4.07. The lowest BCUT2D eigenvalue weighted by atomic mass is 10.00. The molecule has 1 amide bonds. The first-order valence-corrected chi connectivity index (χ1v) is 8.78. The summed E-state index contributed by atoms with van der Waals surface area (Å²) in [5, 5.41) is 3.70. The summed E-state index contributed by atoms with van der Waals surface area (Å²) in [6, 6.07) is 15.6. The maximum Gasteiger partial charge on any atom is 0.274 e. The van der Waals surface area contributed by atoms with Crippen LogP contribution in [0.3, 0.4) is 0 Å². The average Bonchev–Trinajstić information content (AvgIpc) is 2.69. The third-order valence-electron chi connectivity index (χ3n) is 4.43. The van der Waals surface area contributed by atoms with E-state index in [0.29, 0.717) is 29.6 Å². The first-order chi connectivity index (χ1) is 12.7. The number of para-hydroxylation sites is 1. The highest BCUT2D eigenvalue weighted by molar-refractivity contribution is 6.33. The van der Waals surface area contributed by atoms with Crippen molar-refractivity contribution in [2.45, 2.75) is 13.0 Å². The van der Waals surface area contributed by atoms with E-state index in [1.807, 2.05) is 35.2 Å². The second kappa shape index (κ2) is 7.14. The summed E-state index contributed by atoms with van der Waals surface area (Å²) in [5.74, 6) is 0.440. The van der Waals surface area contributed by atoms with E-state index in [4.69, 9.17) is 11.6 Å². The third kappa shape index (κ3) is 3.39. The van der Waals surface area contributed by atoms with Crippen LogP contribution in [-0.4, -0.2) is 27.3 Å². The van der Waals surface area contributed by atoms with Gasteiger partial charge in [0.15, 0.2) is 0 Å². The topological polar surface area (TPSA) is 58.1 Å². The van der Waals surface area contributed by atoms with Gasteiger partial charge in [0.25, 0.3) is 5.91 Å². The van der Waals surface area contributed by atoms with Crippen LogP contribution in [0.2, 0.25) is 5.02 Å². The van der Waals surface area contributed by atoms with E-state index in [2.05, 4.69) is 27.4 Å². The Balaban J connectivity index is 1.47. The average molecular weight is 365 g/mol. The highest BCUT2D eigenvalue weighted by atomic mass is 35.5. The Morgan fingerprint density at radius 2 is 1.77 bits per heavy atom. The number of aromatic nitrogens is 2. The van der Waals surface area contributed by atoms with Crippen molar-refractivity contribution in [2.75, 3.05) is 11.9 Å². The normalized spacial score (nSPS) is 13.2. The minimum absolute atomic E-state index is 0.101. The zero-order valence-electron chi connectivity index (χ0n) is 14.0. The number of carbonyl (C=O) groups is 1. The minimum atomic E-state index is -0.101. The number of hydrogen-bond donors (Lipinski definition) is 1. The molecular weight excluding hydrogens is 348 g/mol. The summed E-state index contributed by atoms with van der Waals surface area (Å²) in [5.41, 5.74) is 3.59. The molecule has 2 aromatic carbocycles. The lowest BCUT2D eigenvalue weighted by Gasteiger charge is -2.28. The SMILES string of the molecule is O=C(c1cnc(Nc2ccccc2Cl)cn1)N1CCc2ccccc2C1. The molecule has 4 rings (SSSR count). The summed E-state index contributed by atoms with van der Waals surface area (Å²) in [7, 11) is 0. The van der Waals surface area contributed by atoms with Crippen LogP contribution in [0.25, 0.3) is 0 Å². The second-order valence-corrected chi connectivity index (χ2v) is 6.54. The number of carbonyl (C=O) groups excluding carboxylic acids is 1. The van der Waals surface area contributed by atoms with Crippen molar-refractivity contribution in [3.8, 4) is 0 Å². The summed E-state index contributed by atoms with van der Waals surface area (Å²) in [6.07, 6.45) is 3.91. The van der Waals surface area contributed by atoms with Crippen molar-refractivity contribution < 1.29 is 4.79 Å². The molecule has 1 aliphatic heterocycles. The number of nitrogens with zero attached hydrogens (tertiary/aromatic N) is 3. The Morgan fingerprint density at radius 3 is 2.54 bits per heavy atom. The Bertz CT molecular complexity index is 943. The van der Waals surface area contributed by atoms with Gasteiger partial charge in [0.1, 0.15) is 11.5 Å². The fourth-order valence-corrected chi connectivity index (χ4v) is 3.22. The number of hydrogen-bond acceptors (Lipinski definition) is 4. The quantitative estimate of drug-likeness (QED) is 0.761. The largest absolute Gasteiger partial charge is 0.338 e. The van der Waals surface area contributed by atoms with Crippen molar-refractivity contribution in [1.29, 1.82) is 0 Å². The van der Waals surface area contributed by atoms with Gasteiger partial charge in [0.2, 0.25) is 0 Å². The Hall–Kier alpha value is -2.92. The van der Waals surface area contributed by atoms with Crippen molar-refractivity contribution in [3.05, 3.63) is 82.8 Å². The van der Waals surface area contributed by atoms with E-state index in [1.165, 1.54) is 17.3 Å². The number of benzene rings is 2. The number of fused-ring (bicyclic) bond motifs is 1. The molecule has 1 N–H and O–H groups in total. The second-order valence-electron chi connectivity index (χ2n) is 6.14. The molecule has 3 aromatic rings. The highest BCUT2D eigenvalue weighted by Crippen LogP contribution is 2.24. The molecular formula is C20H17ClN4O. The van der Waals surface area contributed by atoms with Gasteiger partial charge in [-0.3, -0.25) is 4.79 Å². The standard InChI is InChI=1S/C20H17ClN4O/c21-16-7-3-4-8-17(16)24-19-12-22-18(11-23-19)20(26)25-10-9-14-5-1-2-6-15(14)13-25/h1-8,11-12H,9-10,13H2,(H,23,24). The first-order valence-electron chi connectivity index (χ1n) is 8.40. The van der Waals surface area contributed by atoms with Crippen molar-refractivity contribution >= 4 is 29.0 Å². The molecule has 130 valence electrons. The lowest BCUT2D eigenvalue weighted by molar-refractivity contribution is 0.0728. The molecule has 0 atom stereocenters. The molecule has 1 aromatic heterocycles. The summed E-state index contributed by atoms with van der Waals surface area (Å²) < 4.78 is 0. The van der Waals surface area contributed by atoms with E-state index in [1.54, 1.807) is 12.3 Å². The molecule has 5 nitrogen and oxygen atoms in total. The molecule has 26 heavy (non-hydrogen) atoms. The van der Waals surface area contributed by atoms with Gasteiger partial charge in [-0.15, -0.1) is 0 Å². The van der Waals surface area contributed by atoms with E-state index >= 15 is 0 Å². The van der Waals surface area contributed by atoms with E-state index in [9.17, 15) is 4.79 Å². The van der Waals surface area contributed by atoms with Crippen LogP contribution in [0.15, 0.2) is 60.9 Å². The maximum absolute atomic E-state index is 12.7. The van der Waals surface area contributed by atoms with Crippen LogP contribution in [0, 0.1) is 0 Å². The Morgan fingerprint density at radius 1 is 1.00 bits per heavy atom. The van der Waals surface area contributed by atoms with Crippen molar-refractivity contribution in [1.82, 2.24) is 14.9 Å². The summed E-state index contributed by atoms with van der Waals surface area (Å²) in [6.45, 7) is 1.30. The van der Waals surface area contributed by atoms with Gasteiger partial charge in [-0.05, 0) is 29.7 Å². The van der Waals surface area contributed by atoms with Gasteiger partial charge in [0, 0.05) is 13.1 Å². The number of halogens is 1. The minimum Gasteiger partial charge on any atom is -0.338 e. The van der Waals surface area contributed by atoms with Crippen LogP contribution in [0.1, 0.15) is 21.6 Å². The van der Waals surface area contributed by atoms with Crippen molar-refractivity contribution in [2.24, 2.45) is 0 Å². The lowest BCUT2D eigenvalue weighted by Crippen LogP contribution is -2.36. The zero-order chi connectivity index (χ0) is 17.9. The van der Waals surface area contributed by atoms with Crippen LogP contribution in [0.4, 0.5) is 11.5 Å². The zero-order valence-corrected chi connectivity index (χ0v) is 14.8. The monoisotopic (exact) mass is 364 g/mol. The third-order valence-corrected chi connectivity index (χ3v) is 4.76. The molecule has 1 aliphatic rings.